The normalized spacial score (nSPS) is 25.8. The standard InChI is InChI=1S/C7H10N2O2/c1-9-4-5-11-7(10)6(9)2-3-8/h6H,2,4-5H2,1H3. The van der Waals surface area contributed by atoms with Gasteiger partial charge in [-0.1, -0.05) is 0 Å². The van der Waals surface area contributed by atoms with Crippen LogP contribution in [0.25, 0.3) is 0 Å². The first-order valence-corrected chi connectivity index (χ1v) is 3.49. The molecule has 4 heteroatoms. The summed E-state index contributed by atoms with van der Waals surface area (Å²) in [5, 5.41) is 8.37. The van der Waals surface area contributed by atoms with Crippen molar-refractivity contribution in [3.8, 4) is 6.07 Å². The molecule has 1 saturated heterocycles. The lowest BCUT2D eigenvalue weighted by molar-refractivity contribution is -0.155. The minimum absolute atomic E-state index is 0.218. The van der Waals surface area contributed by atoms with Crippen LogP contribution in [0.3, 0.4) is 0 Å². The summed E-state index contributed by atoms with van der Waals surface area (Å²) in [5.74, 6) is -0.277. The van der Waals surface area contributed by atoms with Gasteiger partial charge in [-0.25, -0.2) is 0 Å². The van der Waals surface area contributed by atoms with Crippen molar-refractivity contribution in [1.82, 2.24) is 4.90 Å². The maximum atomic E-state index is 11.0. The average molecular weight is 154 g/mol. The van der Waals surface area contributed by atoms with Gasteiger partial charge in [0.15, 0.2) is 0 Å². The number of likely N-dealkylation sites (N-methyl/N-ethyl adjacent to an activating group) is 1. The molecule has 0 aliphatic carbocycles. The number of morpholine rings is 1. The fourth-order valence-corrected chi connectivity index (χ4v) is 1.05. The van der Waals surface area contributed by atoms with Crippen molar-refractivity contribution in [3.05, 3.63) is 0 Å². The van der Waals surface area contributed by atoms with Crippen molar-refractivity contribution >= 4 is 5.97 Å². The highest BCUT2D eigenvalue weighted by molar-refractivity contribution is 5.76. The number of rotatable bonds is 1. The molecule has 1 rings (SSSR count). The summed E-state index contributed by atoms with van der Waals surface area (Å²) >= 11 is 0. The summed E-state index contributed by atoms with van der Waals surface area (Å²) in [7, 11) is 1.82. The number of hydrogen-bond acceptors (Lipinski definition) is 4. The molecule has 0 aromatic carbocycles. The Balaban J connectivity index is 2.57. The Bertz CT molecular complexity index is 197. The fraction of sp³-hybridized carbons (Fsp3) is 0.714. The second-order valence-corrected chi connectivity index (χ2v) is 2.53. The molecule has 0 N–H and O–H groups in total. The molecule has 1 atom stereocenters. The zero-order chi connectivity index (χ0) is 8.27. The van der Waals surface area contributed by atoms with Gasteiger partial charge in [-0.15, -0.1) is 0 Å². The van der Waals surface area contributed by atoms with E-state index >= 15 is 0 Å². The molecule has 0 spiro atoms. The number of hydrogen-bond donors (Lipinski definition) is 0. The van der Waals surface area contributed by atoms with Crippen LogP contribution in [0.15, 0.2) is 0 Å². The van der Waals surface area contributed by atoms with Gasteiger partial charge < -0.3 is 4.74 Å². The molecule has 4 nitrogen and oxygen atoms in total. The molecular weight excluding hydrogens is 144 g/mol. The zero-order valence-corrected chi connectivity index (χ0v) is 6.41. The van der Waals surface area contributed by atoms with E-state index in [2.05, 4.69) is 0 Å². The quantitative estimate of drug-likeness (QED) is 0.489. The smallest absolute Gasteiger partial charge is 0.324 e. The van der Waals surface area contributed by atoms with Crippen LogP contribution >= 0.6 is 0 Å². The number of esters is 1. The second-order valence-electron chi connectivity index (χ2n) is 2.53. The molecule has 1 aliphatic heterocycles. The van der Waals surface area contributed by atoms with Crippen LogP contribution in [0, 0.1) is 11.3 Å². The summed E-state index contributed by atoms with van der Waals surface area (Å²) in [4.78, 5) is 12.8. The molecule has 60 valence electrons. The van der Waals surface area contributed by atoms with E-state index in [4.69, 9.17) is 10.00 Å². The Kier molecular flexibility index (Phi) is 2.44. The van der Waals surface area contributed by atoms with Gasteiger partial charge >= 0.3 is 5.97 Å². The van der Waals surface area contributed by atoms with Crippen LogP contribution in [-0.2, 0) is 9.53 Å². The topological polar surface area (TPSA) is 53.3 Å². The van der Waals surface area contributed by atoms with Crippen LogP contribution in [0.1, 0.15) is 6.42 Å². The lowest BCUT2D eigenvalue weighted by atomic mass is 10.2. The number of ether oxygens (including phenoxy) is 1. The van der Waals surface area contributed by atoms with E-state index in [1.165, 1.54) is 0 Å². The van der Waals surface area contributed by atoms with Crippen LogP contribution < -0.4 is 0 Å². The van der Waals surface area contributed by atoms with E-state index in [9.17, 15) is 4.79 Å². The van der Waals surface area contributed by atoms with Gasteiger partial charge in [0.2, 0.25) is 0 Å². The fourth-order valence-electron chi connectivity index (χ4n) is 1.05. The third-order valence-electron chi connectivity index (χ3n) is 1.78. The SMILES string of the molecule is CN1CCOC(=O)C1CC#N. The van der Waals surface area contributed by atoms with Crippen molar-refractivity contribution in [1.29, 1.82) is 5.26 Å². The molecule has 0 aromatic rings. The average Bonchev–Trinajstić information content (AvgIpc) is 1.97. The Labute approximate surface area is 65.4 Å². The maximum absolute atomic E-state index is 11.0. The highest BCUT2D eigenvalue weighted by atomic mass is 16.5. The number of cyclic esters (lactones) is 1. The molecule has 0 radical (unpaired) electrons. The number of nitriles is 1. The van der Waals surface area contributed by atoms with Gasteiger partial charge in [-0.05, 0) is 7.05 Å². The molecule has 1 heterocycles. The third-order valence-corrected chi connectivity index (χ3v) is 1.78. The van der Waals surface area contributed by atoms with E-state index in [-0.39, 0.29) is 18.4 Å². The Hall–Kier alpha value is -1.08. The molecule has 11 heavy (non-hydrogen) atoms. The summed E-state index contributed by atoms with van der Waals surface area (Å²) in [6.45, 7) is 1.16. The minimum atomic E-state index is -0.353. The minimum Gasteiger partial charge on any atom is -0.463 e. The molecule has 0 aromatic heterocycles. The molecule has 1 aliphatic rings. The van der Waals surface area contributed by atoms with E-state index in [1.807, 2.05) is 18.0 Å². The highest BCUT2D eigenvalue weighted by Crippen LogP contribution is 2.08. The molecular formula is C7H10N2O2. The van der Waals surface area contributed by atoms with Gasteiger partial charge in [-0.2, -0.15) is 5.26 Å². The maximum Gasteiger partial charge on any atom is 0.324 e. The summed E-state index contributed by atoms with van der Waals surface area (Å²) < 4.78 is 4.78. The lowest BCUT2D eigenvalue weighted by Crippen LogP contribution is -2.46. The number of carbonyl (C=O) groups is 1. The molecule has 0 bridgehead atoms. The number of nitrogens with zero attached hydrogens (tertiary/aromatic N) is 2. The van der Waals surface area contributed by atoms with E-state index < -0.39 is 0 Å². The molecule has 1 unspecified atom stereocenters. The predicted molar refractivity (Wildman–Crippen MR) is 37.6 cm³/mol. The van der Waals surface area contributed by atoms with Crippen molar-refractivity contribution in [2.45, 2.75) is 12.5 Å². The van der Waals surface area contributed by atoms with Crippen LogP contribution in [-0.4, -0.2) is 37.1 Å². The van der Waals surface area contributed by atoms with Gasteiger partial charge in [0.05, 0.1) is 12.5 Å². The summed E-state index contributed by atoms with van der Waals surface area (Å²) in [6, 6.07) is 1.60. The van der Waals surface area contributed by atoms with Gasteiger partial charge in [0.1, 0.15) is 12.6 Å². The molecule has 1 fully saturated rings. The largest absolute Gasteiger partial charge is 0.463 e. The zero-order valence-electron chi connectivity index (χ0n) is 6.41. The van der Waals surface area contributed by atoms with E-state index in [1.54, 1.807) is 0 Å². The van der Waals surface area contributed by atoms with E-state index in [0.29, 0.717) is 6.61 Å². The second kappa shape index (κ2) is 3.35. The summed E-state index contributed by atoms with van der Waals surface area (Å²) in [5.41, 5.74) is 0. The van der Waals surface area contributed by atoms with Crippen molar-refractivity contribution < 1.29 is 9.53 Å². The van der Waals surface area contributed by atoms with Crippen LogP contribution in [0.5, 0.6) is 0 Å². The van der Waals surface area contributed by atoms with Crippen LogP contribution in [0.4, 0.5) is 0 Å². The van der Waals surface area contributed by atoms with Crippen molar-refractivity contribution in [2.24, 2.45) is 0 Å². The van der Waals surface area contributed by atoms with Crippen molar-refractivity contribution in [3.63, 3.8) is 0 Å². The van der Waals surface area contributed by atoms with Gasteiger partial charge in [0, 0.05) is 6.54 Å². The first-order valence-electron chi connectivity index (χ1n) is 3.49. The Morgan fingerprint density at radius 1 is 1.91 bits per heavy atom. The highest BCUT2D eigenvalue weighted by Gasteiger charge is 2.28. The first-order chi connectivity index (χ1) is 5.25. The van der Waals surface area contributed by atoms with Gasteiger partial charge in [0.25, 0.3) is 0 Å². The van der Waals surface area contributed by atoms with E-state index in [0.717, 1.165) is 6.54 Å². The molecule has 0 saturated carbocycles. The Morgan fingerprint density at radius 3 is 3.18 bits per heavy atom. The summed E-state index contributed by atoms with van der Waals surface area (Å²) in [6.07, 6.45) is 0.218. The monoisotopic (exact) mass is 154 g/mol. The third kappa shape index (κ3) is 1.69. The predicted octanol–water partition coefficient (Wildman–Crippen LogP) is -0.243. The Morgan fingerprint density at radius 2 is 2.64 bits per heavy atom. The first kappa shape index (κ1) is 8.02. The van der Waals surface area contributed by atoms with Gasteiger partial charge in [-0.3, -0.25) is 9.69 Å². The number of carbonyl (C=O) groups excluding carboxylic acids is 1. The lowest BCUT2D eigenvalue weighted by Gasteiger charge is -2.28. The van der Waals surface area contributed by atoms with Crippen molar-refractivity contribution in [2.75, 3.05) is 20.2 Å². The van der Waals surface area contributed by atoms with Crippen LogP contribution in [0.2, 0.25) is 0 Å². The molecule has 0 amide bonds.